The van der Waals surface area contributed by atoms with Gasteiger partial charge in [-0.25, -0.2) is 0 Å². The Balaban J connectivity index is 4.63. The van der Waals surface area contributed by atoms with Gasteiger partial charge in [0.2, 0.25) is 0 Å². The molecule has 366 valence electrons. The Labute approximate surface area is 403 Å². The third kappa shape index (κ3) is 50.0. The first-order chi connectivity index (χ1) is 32.5. The minimum Gasteiger partial charge on any atom is -0.462 e. The van der Waals surface area contributed by atoms with Crippen molar-refractivity contribution in [2.75, 3.05) is 13.2 Å². The summed E-state index contributed by atoms with van der Waals surface area (Å²) < 4.78 is 16.7. The van der Waals surface area contributed by atoms with Gasteiger partial charge in [0.25, 0.3) is 0 Å². The molecule has 66 heavy (non-hydrogen) atoms. The van der Waals surface area contributed by atoms with Gasteiger partial charge in [-0.15, -0.1) is 0 Å². The molecule has 0 aromatic heterocycles. The summed E-state index contributed by atoms with van der Waals surface area (Å²) in [5.41, 5.74) is 0. The molecule has 0 heterocycles. The van der Waals surface area contributed by atoms with E-state index >= 15 is 0 Å². The topological polar surface area (TPSA) is 78.9 Å². The molecule has 0 bridgehead atoms. The van der Waals surface area contributed by atoms with Gasteiger partial charge in [-0.3, -0.25) is 14.4 Å². The van der Waals surface area contributed by atoms with E-state index in [0.717, 1.165) is 77.0 Å². The summed E-state index contributed by atoms with van der Waals surface area (Å²) in [7, 11) is 0. The molecule has 0 N–H and O–H groups in total. The van der Waals surface area contributed by atoms with Gasteiger partial charge in [-0.05, 0) is 77.0 Å². The first-order valence-corrected chi connectivity index (χ1v) is 25.7. The molecule has 1 atom stereocenters. The smallest absolute Gasteiger partial charge is 0.306 e. The maximum atomic E-state index is 12.8. The summed E-state index contributed by atoms with van der Waals surface area (Å²) in [5.74, 6) is -1.08. The van der Waals surface area contributed by atoms with Crippen LogP contribution in [0.5, 0.6) is 0 Å². The summed E-state index contributed by atoms with van der Waals surface area (Å²) in [6.45, 7) is 6.20. The molecule has 0 spiro atoms. The number of carbonyl (C=O) groups is 3. The van der Waals surface area contributed by atoms with Gasteiger partial charge in [-0.2, -0.15) is 0 Å². The summed E-state index contributed by atoms with van der Waals surface area (Å²) in [6, 6.07) is 0. The highest BCUT2D eigenvalue weighted by Gasteiger charge is 2.19. The van der Waals surface area contributed by atoms with Gasteiger partial charge in [0, 0.05) is 19.3 Å². The van der Waals surface area contributed by atoms with Crippen LogP contribution in [0.15, 0.2) is 158 Å². The van der Waals surface area contributed by atoms with Crippen molar-refractivity contribution in [1.82, 2.24) is 0 Å². The first-order valence-electron chi connectivity index (χ1n) is 25.7. The van der Waals surface area contributed by atoms with Crippen LogP contribution >= 0.6 is 0 Å². The van der Waals surface area contributed by atoms with E-state index in [1.165, 1.54) is 51.4 Å². The molecular formula is C60H90O6. The number of carbonyl (C=O) groups excluding carboxylic acids is 3. The molecule has 0 aliphatic rings. The molecular weight excluding hydrogens is 817 g/mol. The molecule has 0 amide bonds. The predicted octanol–water partition coefficient (Wildman–Crippen LogP) is 17.0. The zero-order valence-electron chi connectivity index (χ0n) is 41.6. The van der Waals surface area contributed by atoms with Crippen LogP contribution in [0.25, 0.3) is 0 Å². The minimum atomic E-state index is -0.845. The second-order valence-electron chi connectivity index (χ2n) is 16.3. The molecule has 0 aromatic rings. The Hall–Kier alpha value is -4.97. The molecule has 6 nitrogen and oxygen atoms in total. The van der Waals surface area contributed by atoms with Crippen LogP contribution in [0.1, 0.15) is 181 Å². The van der Waals surface area contributed by atoms with Crippen molar-refractivity contribution in [2.24, 2.45) is 0 Å². The summed E-state index contributed by atoms with van der Waals surface area (Å²) in [4.78, 5) is 38.0. The zero-order chi connectivity index (χ0) is 47.9. The summed E-state index contributed by atoms with van der Waals surface area (Å²) in [6.07, 6.45) is 76.6. The predicted molar refractivity (Wildman–Crippen MR) is 283 cm³/mol. The van der Waals surface area contributed by atoms with Crippen molar-refractivity contribution < 1.29 is 28.6 Å². The van der Waals surface area contributed by atoms with E-state index in [4.69, 9.17) is 14.2 Å². The second-order valence-corrected chi connectivity index (χ2v) is 16.3. The van der Waals surface area contributed by atoms with Crippen LogP contribution in [0, 0.1) is 0 Å². The van der Waals surface area contributed by atoms with Crippen LogP contribution in [-0.4, -0.2) is 37.2 Å². The maximum absolute atomic E-state index is 12.8. The average Bonchev–Trinajstić information content (AvgIpc) is 3.31. The molecule has 0 saturated heterocycles. The SMILES string of the molecule is CC\C=C/C=C\C=C/C=C\C=C/CCCC(=O)OCC(COC(=O)CCCCCCC/C=C\C=C/CCCCCCCCC)OC(=O)CCCCC\C=C/C=C/C=C\C=C/C=C\C=C/CC. The van der Waals surface area contributed by atoms with Gasteiger partial charge >= 0.3 is 17.9 Å². The molecule has 0 saturated carbocycles. The van der Waals surface area contributed by atoms with E-state index in [2.05, 4.69) is 63.3 Å². The number of allylic oxidation sites excluding steroid dienone is 26. The van der Waals surface area contributed by atoms with Crippen molar-refractivity contribution in [3.63, 3.8) is 0 Å². The fourth-order valence-electron chi connectivity index (χ4n) is 6.26. The number of hydrogen-bond donors (Lipinski definition) is 0. The molecule has 0 fully saturated rings. The first kappa shape index (κ1) is 61.0. The molecule has 6 heteroatoms. The number of unbranched alkanes of at least 4 members (excludes halogenated alkanes) is 16. The Bertz CT molecular complexity index is 1560. The highest BCUT2D eigenvalue weighted by Crippen LogP contribution is 2.12. The van der Waals surface area contributed by atoms with Crippen LogP contribution in [0.2, 0.25) is 0 Å². The minimum absolute atomic E-state index is 0.135. The fraction of sp³-hybridized carbons (Fsp3) is 0.517. The van der Waals surface area contributed by atoms with Crippen LogP contribution in [0.3, 0.4) is 0 Å². The Morgan fingerprint density at radius 2 is 0.606 bits per heavy atom. The summed E-state index contributed by atoms with van der Waals surface area (Å²) >= 11 is 0. The maximum Gasteiger partial charge on any atom is 0.306 e. The standard InChI is InChI=1S/C60H90O6/c1-4-7-10-13-16-19-22-25-27-29-31-32-35-38-41-44-47-50-53-59(62)65-56-57(55-64-58(61)52-49-46-43-40-37-34-24-21-18-15-12-9-6-3)66-60(63)54-51-48-45-42-39-36-33-30-28-26-23-20-17-14-11-8-5-2/h8-9,11-12,14-15,17-18,20-21,23-24,26-34,36-37,39-40,43,57H,4-7,10,13,16,19,22,25,35,38,41-42,44-56H2,1-3H3/b11-8-,12-9-,17-14-,18-15-,23-20-,24-21-,28-26-,29-27-,32-31-,33-30+,37-34-,39-36-,43-40-. The third-order valence-corrected chi connectivity index (χ3v) is 10.1. The van der Waals surface area contributed by atoms with Gasteiger partial charge in [0.05, 0.1) is 0 Å². The van der Waals surface area contributed by atoms with Crippen molar-refractivity contribution in [3.05, 3.63) is 158 Å². The van der Waals surface area contributed by atoms with Gasteiger partial charge in [0.15, 0.2) is 6.10 Å². The van der Waals surface area contributed by atoms with Crippen LogP contribution < -0.4 is 0 Å². The average molecular weight is 907 g/mol. The lowest BCUT2D eigenvalue weighted by Crippen LogP contribution is -2.30. The number of ether oxygens (including phenoxy) is 3. The molecule has 0 aliphatic heterocycles. The van der Waals surface area contributed by atoms with Crippen molar-refractivity contribution in [2.45, 2.75) is 187 Å². The van der Waals surface area contributed by atoms with E-state index in [1.807, 2.05) is 115 Å². The van der Waals surface area contributed by atoms with Crippen LogP contribution in [0.4, 0.5) is 0 Å². The van der Waals surface area contributed by atoms with Crippen LogP contribution in [-0.2, 0) is 28.6 Å². The quantitative estimate of drug-likeness (QED) is 0.0262. The molecule has 0 aromatic carbocycles. The highest BCUT2D eigenvalue weighted by molar-refractivity contribution is 5.71. The van der Waals surface area contributed by atoms with E-state index in [-0.39, 0.29) is 44.0 Å². The third-order valence-electron chi connectivity index (χ3n) is 10.1. The van der Waals surface area contributed by atoms with Crippen molar-refractivity contribution in [1.29, 1.82) is 0 Å². The lowest BCUT2D eigenvalue weighted by atomic mass is 10.1. The highest BCUT2D eigenvalue weighted by atomic mass is 16.6. The zero-order valence-corrected chi connectivity index (χ0v) is 41.6. The monoisotopic (exact) mass is 907 g/mol. The van der Waals surface area contributed by atoms with E-state index in [1.54, 1.807) is 0 Å². The molecule has 0 rings (SSSR count). The van der Waals surface area contributed by atoms with Gasteiger partial charge in [-0.1, -0.05) is 243 Å². The Kier molecular flexibility index (Phi) is 48.7. The fourth-order valence-corrected chi connectivity index (χ4v) is 6.26. The lowest BCUT2D eigenvalue weighted by molar-refractivity contribution is -0.167. The molecule has 1 unspecified atom stereocenters. The Morgan fingerprint density at radius 1 is 0.318 bits per heavy atom. The van der Waals surface area contributed by atoms with Crippen molar-refractivity contribution in [3.8, 4) is 0 Å². The largest absolute Gasteiger partial charge is 0.462 e. The molecule has 0 aliphatic carbocycles. The normalized spacial score (nSPS) is 13.4. The van der Waals surface area contributed by atoms with Gasteiger partial charge in [0.1, 0.15) is 13.2 Å². The van der Waals surface area contributed by atoms with Crippen molar-refractivity contribution >= 4 is 17.9 Å². The summed E-state index contributed by atoms with van der Waals surface area (Å²) in [5, 5.41) is 0. The number of esters is 3. The lowest BCUT2D eigenvalue weighted by Gasteiger charge is -2.18. The number of hydrogen-bond acceptors (Lipinski definition) is 6. The Morgan fingerprint density at radius 3 is 1.02 bits per heavy atom. The van der Waals surface area contributed by atoms with E-state index < -0.39 is 6.10 Å². The number of rotatable bonds is 43. The molecule has 0 radical (unpaired) electrons. The van der Waals surface area contributed by atoms with E-state index in [9.17, 15) is 14.4 Å². The second kappa shape index (κ2) is 52.7. The van der Waals surface area contributed by atoms with Gasteiger partial charge < -0.3 is 14.2 Å². The van der Waals surface area contributed by atoms with E-state index in [0.29, 0.717) is 19.3 Å².